The molecule has 0 fully saturated rings. The van der Waals surface area contributed by atoms with Gasteiger partial charge in [-0.3, -0.25) is 0 Å². The number of aliphatic hydroxyl groups excluding tert-OH is 1. The molecule has 0 aliphatic heterocycles. The summed E-state index contributed by atoms with van der Waals surface area (Å²) in [4.78, 5) is 4.32. The van der Waals surface area contributed by atoms with E-state index in [9.17, 15) is 10.2 Å². The molecule has 2 rings (SSSR count). The minimum Gasteiger partial charge on any atom is -0.502 e. The van der Waals surface area contributed by atoms with Gasteiger partial charge in [0.05, 0.1) is 12.3 Å². The zero-order valence-electron chi connectivity index (χ0n) is 15.0. The zero-order valence-corrected chi connectivity index (χ0v) is 15.0. The summed E-state index contributed by atoms with van der Waals surface area (Å²) in [6, 6.07) is 5.68. The zero-order chi connectivity index (χ0) is 17.9. The lowest BCUT2D eigenvalue weighted by Gasteiger charge is -2.19. The number of aromatic hydroxyl groups is 1. The smallest absolute Gasteiger partial charge is 0.264 e. The molecule has 1 heterocycles. The molecule has 0 aliphatic carbocycles. The number of ether oxygens (including phenoxy) is 1. The van der Waals surface area contributed by atoms with Crippen molar-refractivity contribution in [3.05, 3.63) is 40.6 Å². The Morgan fingerprint density at radius 3 is 2.29 bits per heavy atom. The summed E-state index contributed by atoms with van der Waals surface area (Å²) in [6.07, 6.45) is 0.740. The van der Waals surface area contributed by atoms with Crippen LogP contribution in [0.4, 0.5) is 5.69 Å². The van der Waals surface area contributed by atoms with Gasteiger partial charge in [-0.15, -0.1) is 0 Å². The van der Waals surface area contributed by atoms with Crippen LogP contribution in [-0.2, 0) is 0 Å². The van der Waals surface area contributed by atoms with Gasteiger partial charge in [0.25, 0.3) is 5.88 Å². The minimum atomic E-state index is -0.131. The van der Waals surface area contributed by atoms with Crippen molar-refractivity contribution in [1.82, 2.24) is 4.98 Å². The number of hydrogen-bond donors (Lipinski definition) is 3. The molecule has 1 aromatic heterocycles. The van der Waals surface area contributed by atoms with Gasteiger partial charge in [0.2, 0.25) is 5.75 Å². The third kappa shape index (κ3) is 3.97. The van der Waals surface area contributed by atoms with E-state index in [1.807, 2.05) is 46.8 Å². The highest BCUT2D eigenvalue weighted by molar-refractivity contribution is 5.62. The van der Waals surface area contributed by atoms with Crippen molar-refractivity contribution in [3.8, 4) is 17.4 Å². The van der Waals surface area contributed by atoms with Crippen molar-refractivity contribution in [1.29, 1.82) is 0 Å². The topological polar surface area (TPSA) is 74.6 Å². The van der Waals surface area contributed by atoms with Crippen molar-refractivity contribution in [2.75, 3.05) is 11.9 Å². The van der Waals surface area contributed by atoms with Crippen LogP contribution in [0.15, 0.2) is 18.2 Å². The Kier molecular flexibility index (Phi) is 5.67. The maximum atomic E-state index is 10.5. The molecule has 0 amide bonds. The van der Waals surface area contributed by atoms with E-state index < -0.39 is 0 Å². The number of aromatic nitrogens is 1. The van der Waals surface area contributed by atoms with Crippen LogP contribution in [0, 0.1) is 27.7 Å². The van der Waals surface area contributed by atoms with Gasteiger partial charge in [0.15, 0.2) is 0 Å². The molecule has 0 saturated carbocycles. The number of nitrogens with zero attached hydrogens (tertiary/aromatic N) is 1. The van der Waals surface area contributed by atoms with Crippen molar-refractivity contribution in [3.63, 3.8) is 0 Å². The molecule has 5 heteroatoms. The van der Waals surface area contributed by atoms with Crippen LogP contribution < -0.4 is 10.1 Å². The Balaban J connectivity index is 2.39. The number of hydrogen-bond acceptors (Lipinski definition) is 5. The number of aliphatic hydroxyl groups is 1. The Bertz CT molecular complexity index is 702. The van der Waals surface area contributed by atoms with E-state index in [-0.39, 0.29) is 24.3 Å². The molecule has 0 spiro atoms. The molecule has 0 unspecified atom stereocenters. The standard InChI is InChI=1S/C19H26N2O3/c1-6-15(10-22)21-16-9-14(5)20-19(17(16)23)24-18-12(3)7-11(2)8-13(18)4/h7-9,15,22-23H,6,10H2,1-5H3,(H,20,21)/t15-/m0/s1. The molecular weight excluding hydrogens is 304 g/mol. The second-order valence-electron chi connectivity index (χ2n) is 6.23. The first kappa shape index (κ1) is 18.1. The van der Waals surface area contributed by atoms with Gasteiger partial charge in [-0.1, -0.05) is 24.6 Å². The minimum absolute atomic E-state index is 0.0102. The Morgan fingerprint density at radius 2 is 1.75 bits per heavy atom. The molecule has 1 aromatic carbocycles. The molecule has 24 heavy (non-hydrogen) atoms. The van der Waals surface area contributed by atoms with Gasteiger partial charge in [-0.25, -0.2) is 4.98 Å². The van der Waals surface area contributed by atoms with E-state index in [0.29, 0.717) is 11.4 Å². The number of rotatable bonds is 6. The summed E-state index contributed by atoms with van der Waals surface area (Å²) >= 11 is 0. The predicted molar refractivity (Wildman–Crippen MR) is 96.2 cm³/mol. The molecule has 130 valence electrons. The number of benzene rings is 1. The van der Waals surface area contributed by atoms with Crippen molar-refractivity contribution < 1.29 is 14.9 Å². The van der Waals surface area contributed by atoms with Crippen LogP contribution >= 0.6 is 0 Å². The lowest BCUT2D eigenvalue weighted by Crippen LogP contribution is -2.22. The van der Waals surface area contributed by atoms with Crippen LogP contribution in [0.1, 0.15) is 35.7 Å². The largest absolute Gasteiger partial charge is 0.502 e. The quantitative estimate of drug-likeness (QED) is 0.746. The molecule has 3 N–H and O–H groups in total. The molecule has 0 radical (unpaired) electrons. The molecular formula is C19H26N2O3. The van der Waals surface area contributed by atoms with E-state index in [2.05, 4.69) is 10.3 Å². The summed E-state index contributed by atoms with van der Waals surface area (Å²) in [5, 5.41) is 23.0. The molecule has 0 aliphatic rings. The highest BCUT2D eigenvalue weighted by Gasteiger charge is 2.17. The normalized spacial score (nSPS) is 12.1. The number of aryl methyl sites for hydroxylation is 4. The van der Waals surface area contributed by atoms with Crippen molar-refractivity contribution >= 4 is 5.69 Å². The fourth-order valence-corrected chi connectivity index (χ4v) is 2.74. The van der Waals surface area contributed by atoms with Crippen LogP contribution in [0.2, 0.25) is 0 Å². The summed E-state index contributed by atoms with van der Waals surface area (Å²) in [6.45, 7) is 9.78. The summed E-state index contributed by atoms with van der Waals surface area (Å²) in [5.74, 6) is 0.821. The third-order valence-corrected chi connectivity index (χ3v) is 3.97. The van der Waals surface area contributed by atoms with Crippen molar-refractivity contribution in [2.24, 2.45) is 0 Å². The van der Waals surface area contributed by atoms with Gasteiger partial charge in [-0.05, 0) is 51.3 Å². The molecule has 1 atom stereocenters. The van der Waals surface area contributed by atoms with Gasteiger partial charge >= 0.3 is 0 Å². The highest BCUT2D eigenvalue weighted by Crippen LogP contribution is 2.38. The summed E-state index contributed by atoms with van der Waals surface area (Å²) in [7, 11) is 0. The molecule has 0 bridgehead atoms. The number of pyridine rings is 1. The average molecular weight is 330 g/mol. The fraction of sp³-hybridized carbons (Fsp3) is 0.421. The SMILES string of the molecule is CC[C@@H](CO)Nc1cc(C)nc(Oc2c(C)cc(C)cc2C)c1O. The second-order valence-corrected chi connectivity index (χ2v) is 6.23. The van der Waals surface area contributed by atoms with Gasteiger partial charge in [0.1, 0.15) is 5.75 Å². The van der Waals surface area contributed by atoms with Crippen LogP contribution in [0.5, 0.6) is 17.4 Å². The lowest BCUT2D eigenvalue weighted by atomic mass is 10.1. The van der Waals surface area contributed by atoms with E-state index >= 15 is 0 Å². The second kappa shape index (κ2) is 7.53. The third-order valence-electron chi connectivity index (χ3n) is 3.97. The highest BCUT2D eigenvalue weighted by atomic mass is 16.5. The first-order valence-corrected chi connectivity index (χ1v) is 8.19. The van der Waals surface area contributed by atoms with Gasteiger partial charge in [0, 0.05) is 11.7 Å². The number of nitrogens with one attached hydrogen (secondary N) is 1. The molecule has 0 saturated heterocycles. The van der Waals surface area contributed by atoms with Gasteiger partial charge in [-0.2, -0.15) is 0 Å². The monoisotopic (exact) mass is 330 g/mol. The predicted octanol–water partition coefficient (Wildman–Crippen LogP) is 4.00. The van der Waals surface area contributed by atoms with E-state index in [4.69, 9.17) is 4.74 Å². The fourth-order valence-electron chi connectivity index (χ4n) is 2.74. The van der Waals surface area contributed by atoms with Crippen LogP contribution in [0.25, 0.3) is 0 Å². The summed E-state index contributed by atoms with van der Waals surface area (Å²) in [5.41, 5.74) is 4.38. The Labute approximate surface area is 143 Å². The van der Waals surface area contributed by atoms with Crippen molar-refractivity contribution in [2.45, 2.75) is 47.1 Å². The summed E-state index contributed by atoms with van der Waals surface area (Å²) < 4.78 is 5.93. The van der Waals surface area contributed by atoms with Crippen LogP contribution in [0.3, 0.4) is 0 Å². The van der Waals surface area contributed by atoms with Gasteiger partial charge < -0.3 is 20.3 Å². The van der Waals surface area contributed by atoms with E-state index in [1.165, 1.54) is 0 Å². The van der Waals surface area contributed by atoms with Crippen LogP contribution in [-0.4, -0.2) is 27.8 Å². The number of anilines is 1. The maximum Gasteiger partial charge on any atom is 0.264 e. The maximum absolute atomic E-state index is 10.5. The van der Waals surface area contributed by atoms with E-state index in [0.717, 1.165) is 28.8 Å². The first-order chi connectivity index (χ1) is 11.3. The lowest BCUT2D eigenvalue weighted by molar-refractivity contribution is 0.271. The Hall–Kier alpha value is -2.27. The Morgan fingerprint density at radius 1 is 1.12 bits per heavy atom. The first-order valence-electron chi connectivity index (χ1n) is 8.19. The molecule has 5 nitrogen and oxygen atoms in total. The van der Waals surface area contributed by atoms with E-state index in [1.54, 1.807) is 6.07 Å². The molecule has 2 aromatic rings. The average Bonchev–Trinajstić information content (AvgIpc) is 2.52.